The van der Waals surface area contributed by atoms with Crippen molar-refractivity contribution in [3.63, 3.8) is 0 Å². The van der Waals surface area contributed by atoms with E-state index in [1.165, 1.54) is 11.1 Å². The fraction of sp³-hybridized carbons (Fsp3) is 0.111. The fourth-order valence-electron chi connectivity index (χ4n) is 1.23. The number of halogens is 1. The normalized spacial score (nSPS) is 10.7. The van der Waals surface area contributed by atoms with Gasteiger partial charge in [0.05, 0.1) is 0 Å². The van der Waals surface area contributed by atoms with Gasteiger partial charge in [0.1, 0.15) is 0 Å². The van der Waals surface area contributed by atoms with Crippen LogP contribution in [-0.2, 0) is 0 Å². The lowest BCUT2D eigenvalue weighted by molar-refractivity contribution is 1.18. The first-order valence-corrected chi connectivity index (χ1v) is 4.29. The Labute approximate surface area is 73.8 Å². The molecule has 0 spiro atoms. The van der Waals surface area contributed by atoms with E-state index < -0.39 is 0 Å². The predicted octanol–water partition coefficient (Wildman–Crippen LogP) is 3.01. The first-order valence-electron chi connectivity index (χ1n) is 3.49. The fourth-order valence-corrected chi connectivity index (χ4v) is 1.58. The van der Waals surface area contributed by atoms with E-state index in [4.69, 9.17) is 0 Å². The molecule has 0 radical (unpaired) electrons. The summed E-state index contributed by atoms with van der Waals surface area (Å²) in [5, 5.41) is 0. The molecule has 56 valence electrons. The summed E-state index contributed by atoms with van der Waals surface area (Å²) in [7, 11) is 0. The van der Waals surface area contributed by atoms with Gasteiger partial charge in [0.25, 0.3) is 0 Å². The summed E-state index contributed by atoms with van der Waals surface area (Å²) in [4.78, 5) is 0. The van der Waals surface area contributed by atoms with Gasteiger partial charge in [-0.2, -0.15) is 0 Å². The molecule has 0 saturated heterocycles. The minimum Gasteiger partial charge on any atom is -0.322 e. The van der Waals surface area contributed by atoms with E-state index in [1.54, 1.807) is 0 Å². The van der Waals surface area contributed by atoms with E-state index in [-0.39, 0.29) is 0 Å². The molecule has 0 unspecified atom stereocenters. The van der Waals surface area contributed by atoms with Crippen LogP contribution < -0.4 is 0 Å². The van der Waals surface area contributed by atoms with Crippen molar-refractivity contribution >= 4 is 21.4 Å². The number of aryl methyl sites for hydroxylation is 1. The van der Waals surface area contributed by atoms with Crippen molar-refractivity contribution in [2.24, 2.45) is 0 Å². The van der Waals surface area contributed by atoms with Crippen molar-refractivity contribution in [3.8, 4) is 0 Å². The van der Waals surface area contributed by atoms with Gasteiger partial charge in [0.15, 0.2) is 0 Å². The van der Waals surface area contributed by atoms with E-state index in [0.29, 0.717) is 0 Å². The molecular formula is C9H8BrN. The quantitative estimate of drug-likeness (QED) is 0.629. The second kappa shape index (κ2) is 2.38. The molecule has 0 N–H and O–H groups in total. The number of hydrogen-bond donors (Lipinski definition) is 0. The molecule has 11 heavy (non-hydrogen) atoms. The van der Waals surface area contributed by atoms with Crippen molar-refractivity contribution in [2.75, 3.05) is 0 Å². The average Bonchev–Trinajstić information content (AvgIpc) is 2.27. The molecule has 0 aromatic carbocycles. The molecule has 0 fully saturated rings. The van der Waals surface area contributed by atoms with Crippen LogP contribution in [0.4, 0.5) is 0 Å². The van der Waals surface area contributed by atoms with Crippen LogP contribution in [0.25, 0.3) is 5.52 Å². The Hall–Kier alpha value is -0.760. The van der Waals surface area contributed by atoms with Crippen LogP contribution in [0.1, 0.15) is 5.56 Å². The van der Waals surface area contributed by atoms with Gasteiger partial charge in [-0.15, -0.1) is 0 Å². The highest BCUT2D eigenvalue weighted by atomic mass is 79.9. The topological polar surface area (TPSA) is 4.41 Å². The highest BCUT2D eigenvalue weighted by Gasteiger charge is 1.94. The molecular weight excluding hydrogens is 202 g/mol. The number of hydrogen-bond acceptors (Lipinski definition) is 0. The molecule has 2 rings (SSSR count). The Kier molecular flexibility index (Phi) is 1.50. The van der Waals surface area contributed by atoms with E-state index in [9.17, 15) is 0 Å². The molecule has 0 atom stereocenters. The third kappa shape index (κ3) is 1.18. The van der Waals surface area contributed by atoms with Crippen LogP contribution in [0.15, 0.2) is 35.1 Å². The summed E-state index contributed by atoms with van der Waals surface area (Å²) in [6, 6.07) is 6.30. The van der Waals surface area contributed by atoms with Crippen molar-refractivity contribution in [3.05, 3.63) is 40.6 Å². The van der Waals surface area contributed by atoms with Crippen molar-refractivity contribution < 1.29 is 0 Å². The molecule has 2 aromatic heterocycles. The highest BCUT2D eigenvalue weighted by molar-refractivity contribution is 9.10. The number of fused-ring (bicyclic) bond motifs is 1. The molecule has 1 nitrogen and oxygen atoms in total. The van der Waals surface area contributed by atoms with Crippen LogP contribution >= 0.6 is 15.9 Å². The zero-order valence-electron chi connectivity index (χ0n) is 6.21. The maximum absolute atomic E-state index is 3.42. The number of nitrogens with zero attached hydrogens (tertiary/aromatic N) is 1. The van der Waals surface area contributed by atoms with Crippen molar-refractivity contribution in [1.82, 2.24) is 4.40 Å². The Morgan fingerprint density at radius 3 is 2.91 bits per heavy atom. The summed E-state index contributed by atoms with van der Waals surface area (Å²) in [5.41, 5.74) is 2.54. The molecule has 2 heteroatoms. The molecule has 0 aliphatic carbocycles. The summed E-state index contributed by atoms with van der Waals surface area (Å²) < 4.78 is 3.22. The van der Waals surface area contributed by atoms with Gasteiger partial charge in [0.2, 0.25) is 0 Å². The molecule has 0 saturated carbocycles. The highest BCUT2D eigenvalue weighted by Crippen LogP contribution is 2.14. The van der Waals surface area contributed by atoms with Crippen molar-refractivity contribution in [1.29, 1.82) is 0 Å². The standard InChI is InChI=1S/C9H8BrN/c1-7-4-9-3-2-8(10)6-11(9)5-7/h2-6H,1H3. The smallest absolute Gasteiger partial charge is 0.0453 e. The third-order valence-electron chi connectivity index (χ3n) is 1.69. The van der Waals surface area contributed by atoms with Crippen LogP contribution in [0.3, 0.4) is 0 Å². The number of pyridine rings is 1. The van der Waals surface area contributed by atoms with Gasteiger partial charge < -0.3 is 4.40 Å². The first kappa shape index (κ1) is 6.92. The van der Waals surface area contributed by atoms with Crippen LogP contribution in [0.5, 0.6) is 0 Å². The predicted molar refractivity (Wildman–Crippen MR) is 49.8 cm³/mol. The number of rotatable bonds is 0. The Morgan fingerprint density at radius 2 is 2.09 bits per heavy atom. The second-order valence-electron chi connectivity index (χ2n) is 2.70. The zero-order valence-corrected chi connectivity index (χ0v) is 7.80. The van der Waals surface area contributed by atoms with E-state index in [2.05, 4.69) is 57.8 Å². The first-order chi connectivity index (χ1) is 5.25. The average molecular weight is 210 g/mol. The molecule has 0 bridgehead atoms. The molecule has 2 aromatic rings. The van der Waals surface area contributed by atoms with E-state index in [0.717, 1.165) is 4.47 Å². The molecule has 0 aliphatic rings. The lowest BCUT2D eigenvalue weighted by Gasteiger charge is -1.93. The van der Waals surface area contributed by atoms with Gasteiger partial charge in [-0.3, -0.25) is 0 Å². The zero-order chi connectivity index (χ0) is 7.84. The summed E-state index contributed by atoms with van der Waals surface area (Å²) in [6.45, 7) is 2.10. The SMILES string of the molecule is Cc1cc2ccc(Br)cn2c1. The minimum atomic E-state index is 1.11. The third-order valence-corrected chi connectivity index (χ3v) is 2.16. The Bertz CT molecular complexity index is 389. The van der Waals surface area contributed by atoms with E-state index in [1.807, 2.05) is 0 Å². The monoisotopic (exact) mass is 209 g/mol. The summed E-state index contributed by atoms with van der Waals surface area (Å²) in [5.74, 6) is 0. The second-order valence-corrected chi connectivity index (χ2v) is 3.61. The maximum Gasteiger partial charge on any atom is 0.0453 e. The summed E-state index contributed by atoms with van der Waals surface area (Å²) >= 11 is 3.42. The summed E-state index contributed by atoms with van der Waals surface area (Å²) in [6.07, 6.45) is 4.17. The van der Waals surface area contributed by atoms with Gasteiger partial charge in [-0.25, -0.2) is 0 Å². The molecule has 0 amide bonds. The largest absolute Gasteiger partial charge is 0.322 e. The molecule has 0 aliphatic heterocycles. The Balaban J connectivity index is 2.82. The van der Waals surface area contributed by atoms with E-state index >= 15 is 0 Å². The number of aromatic nitrogens is 1. The van der Waals surface area contributed by atoms with Crippen LogP contribution in [-0.4, -0.2) is 4.40 Å². The van der Waals surface area contributed by atoms with Gasteiger partial charge in [-0.1, -0.05) is 0 Å². The van der Waals surface area contributed by atoms with Crippen molar-refractivity contribution in [2.45, 2.75) is 6.92 Å². The van der Waals surface area contributed by atoms with Crippen LogP contribution in [0.2, 0.25) is 0 Å². The lowest BCUT2D eigenvalue weighted by Crippen LogP contribution is -1.78. The van der Waals surface area contributed by atoms with Gasteiger partial charge in [-0.05, 0) is 46.6 Å². The van der Waals surface area contributed by atoms with Gasteiger partial charge >= 0.3 is 0 Å². The molecule has 2 heterocycles. The Morgan fingerprint density at radius 1 is 1.27 bits per heavy atom. The van der Waals surface area contributed by atoms with Crippen LogP contribution in [0, 0.1) is 6.92 Å². The lowest BCUT2D eigenvalue weighted by atomic mass is 10.3. The minimum absolute atomic E-state index is 1.11. The maximum atomic E-state index is 3.42. The van der Waals surface area contributed by atoms with Gasteiger partial charge in [0, 0.05) is 22.4 Å².